The van der Waals surface area contributed by atoms with Gasteiger partial charge in [0.15, 0.2) is 5.43 Å². The first-order valence-corrected chi connectivity index (χ1v) is 12.3. The van der Waals surface area contributed by atoms with Crippen LogP contribution in [0.3, 0.4) is 0 Å². The van der Waals surface area contributed by atoms with Gasteiger partial charge in [0.25, 0.3) is 5.91 Å². The van der Waals surface area contributed by atoms with Gasteiger partial charge in [-0.05, 0) is 61.2 Å². The molecule has 1 fully saturated rings. The molecule has 8 nitrogen and oxygen atoms in total. The molecule has 1 amide bonds. The maximum Gasteiger partial charge on any atom is 0.337 e. The number of fused-ring (bicyclic) bond motifs is 2. The maximum absolute atomic E-state index is 13.8. The highest BCUT2D eigenvalue weighted by Gasteiger charge is 2.42. The second-order valence-electron chi connectivity index (χ2n) is 9.43. The lowest BCUT2D eigenvalue weighted by Gasteiger charge is -2.29. The van der Waals surface area contributed by atoms with Crippen LogP contribution in [-0.2, 0) is 9.47 Å². The molecule has 8 heteroatoms. The van der Waals surface area contributed by atoms with E-state index in [1.54, 1.807) is 29.2 Å². The lowest BCUT2D eigenvalue weighted by molar-refractivity contribution is 0.0353. The number of amides is 1. The quantitative estimate of drug-likeness (QED) is 0.489. The van der Waals surface area contributed by atoms with Crippen LogP contribution >= 0.6 is 0 Å². The van der Waals surface area contributed by atoms with Crippen LogP contribution in [0, 0.1) is 13.8 Å². The first kappa shape index (κ1) is 24.2. The van der Waals surface area contributed by atoms with Gasteiger partial charge in [0.05, 0.1) is 42.9 Å². The predicted molar refractivity (Wildman–Crippen MR) is 134 cm³/mol. The number of morpholine rings is 1. The maximum atomic E-state index is 13.8. The average molecular weight is 491 g/mol. The summed E-state index contributed by atoms with van der Waals surface area (Å²) in [6, 6.07) is 9.93. The summed E-state index contributed by atoms with van der Waals surface area (Å²) in [5, 5.41) is 0.469. The van der Waals surface area contributed by atoms with Crippen LogP contribution in [0.15, 0.2) is 45.6 Å². The fourth-order valence-corrected chi connectivity index (χ4v) is 5.06. The summed E-state index contributed by atoms with van der Waals surface area (Å²) >= 11 is 0. The minimum Gasteiger partial charge on any atom is -0.465 e. The average Bonchev–Trinajstić information content (AvgIpc) is 3.17. The number of aryl methyl sites for hydroxylation is 2. The van der Waals surface area contributed by atoms with Gasteiger partial charge in [-0.25, -0.2) is 4.79 Å². The number of hydrogen-bond donors (Lipinski definition) is 0. The Morgan fingerprint density at radius 1 is 1.03 bits per heavy atom. The number of ether oxygens (including phenoxy) is 2. The van der Waals surface area contributed by atoms with Gasteiger partial charge in [0, 0.05) is 26.2 Å². The molecule has 0 spiro atoms. The Balaban J connectivity index is 1.55. The SMILES string of the molecule is COC(=O)c1ccc(C2c3c(oc4cc(C)c(C)cc4c3=O)C(=O)N2CCCN2CCOCC2)cc1. The van der Waals surface area contributed by atoms with Crippen LogP contribution in [0.4, 0.5) is 0 Å². The van der Waals surface area contributed by atoms with Crippen molar-refractivity contribution in [3.8, 4) is 0 Å². The van der Waals surface area contributed by atoms with Gasteiger partial charge in [-0.3, -0.25) is 14.5 Å². The molecule has 188 valence electrons. The molecule has 2 aliphatic heterocycles. The van der Waals surface area contributed by atoms with E-state index in [4.69, 9.17) is 13.9 Å². The second-order valence-corrected chi connectivity index (χ2v) is 9.43. The summed E-state index contributed by atoms with van der Waals surface area (Å²) in [6.07, 6.45) is 0.752. The lowest BCUT2D eigenvalue weighted by Crippen LogP contribution is -2.38. The highest BCUT2D eigenvalue weighted by Crippen LogP contribution is 2.38. The summed E-state index contributed by atoms with van der Waals surface area (Å²) in [4.78, 5) is 43.4. The van der Waals surface area contributed by atoms with Gasteiger partial charge in [-0.1, -0.05) is 12.1 Å². The number of nitrogens with zero attached hydrogens (tertiary/aromatic N) is 2. The molecule has 0 bridgehead atoms. The summed E-state index contributed by atoms with van der Waals surface area (Å²) in [5.74, 6) is -0.626. The van der Waals surface area contributed by atoms with Crippen LogP contribution in [0.1, 0.15) is 55.6 Å². The second kappa shape index (κ2) is 9.87. The number of hydrogen-bond acceptors (Lipinski definition) is 7. The largest absolute Gasteiger partial charge is 0.465 e. The van der Waals surface area contributed by atoms with E-state index in [0.717, 1.165) is 42.7 Å². The molecule has 1 aromatic heterocycles. The van der Waals surface area contributed by atoms with Crippen molar-refractivity contribution in [3.05, 3.63) is 80.2 Å². The topological polar surface area (TPSA) is 89.3 Å². The van der Waals surface area contributed by atoms with Crippen LogP contribution in [0.25, 0.3) is 11.0 Å². The van der Waals surface area contributed by atoms with E-state index in [9.17, 15) is 14.4 Å². The minimum atomic E-state index is -0.592. The molecule has 36 heavy (non-hydrogen) atoms. The number of carbonyl (C=O) groups excluding carboxylic acids is 2. The first-order valence-electron chi connectivity index (χ1n) is 12.3. The van der Waals surface area contributed by atoms with Crippen molar-refractivity contribution in [2.24, 2.45) is 0 Å². The van der Waals surface area contributed by atoms with Crippen LogP contribution < -0.4 is 5.43 Å². The number of benzene rings is 2. The number of methoxy groups -OCH3 is 1. The smallest absolute Gasteiger partial charge is 0.337 e. The van der Waals surface area contributed by atoms with E-state index in [1.807, 2.05) is 26.0 Å². The third-order valence-corrected chi connectivity index (χ3v) is 7.21. The fraction of sp³-hybridized carbons (Fsp3) is 0.393. The normalized spacial score (nSPS) is 18.0. The van der Waals surface area contributed by atoms with Crippen molar-refractivity contribution >= 4 is 22.8 Å². The molecule has 3 heterocycles. The zero-order valence-corrected chi connectivity index (χ0v) is 20.8. The van der Waals surface area contributed by atoms with E-state index in [2.05, 4.69) is 4.90 Å². The molecule has 2 aromatic carbocycles. The minimum absolute atomic E-state index is 0.101. The molecule has 5 rings (SSSR count). The Hall–Kier alpha value is -3.49. The van der Waals surface area contributed by atoms with Gasteiger partial charge in [-0.15, -0.1) is 0 Å². The highest BCUT2D eigenvalue weighted by molar-refractivity contribution is 5.99. The zero-order valence-electron chi connectivity index (χ0n) is 20.8. The molecule has 0 radical (unpaired) electrons. The van der Waals surface area contributed by atoms with E-state index < -0.39 is 12.0 Å². The van der Waals surface area contributed by atoms with Crippen LogP contribution in [0.2, 0.25) is 0 Å². The number of rotatable bonds is 6. The molecule has 0 aliphatic carbocycles. The Morgan fingerprint density at radius 2 is 1.72 bits per heavy atom. The molecule has 1 atom stereocenters. The lowest BCUT2D eigenvalue weighted by atomic mass is 9.96. The van der Waals surface area contributed by atoms with Gasteiger partial charge < -0.3 is 18.8 Å². The van der Waals surface area contributed by atoms with E-state index in [0.29, 0.717) is 41.9 Å². The molecule has 1 saturated heterocycles. The Morgan fingerprint density at radius 3 is 2.42 bits per heavy atom. The molecule has 2 aliphatic rings. The summed E-state index contributed by atoms with van der Waals surface area (Å²) in [6.45, 7) is 8.38. The molecule has 0 N–H and O–H groups in total. The Bertz CT molecular complexity index is 1370. The summed E-state index contributed by atoms with van der Waals surface area (Å²) < 4.78 is 16.3. The molecular weight excluding hydrogens is 460 g/mol. The van der Waals surface area contributed by atoms with Gasteiger partial charge in [-0.2, -0.15) is 0 Å². The summed E-state index contributed by atoms with van der Waals surface area (Å²) in [5.41, 5.74) is 3.71. The van der Waals surface area contributed by atoms with Crippen LogP contribution in [-0.4, -0.2) is 68.2 Å². The number of carbonyl (C=O) groups is 2. The monoisotopic (exact) mass is 490 g/mol. The standard InChI is InChI=1S/C28H30N2O6/c1-17-15-21-22(16-18(17)2)36-26-23(25(21)31)24(19-5-7-20(8-6-19)28(33)34-3)30(27(26)32)10-4-9-29-11-13-35-14-12-29/h5-8,15-16,24H,4,9-14H2,1-3H3. The third kappa shape index (κ3) is 4.31. The van der Waals surface area contributed by atoms with Crippen molar-refractivity contribution in [1.82, 2.24) is 9.80 Å². The summed E-state index contributed by atoms with van der Waals surface area (Å²) in [7, 11) is 1.33. The van der Waals surface area contributed by atoms with Crippen LogP contribution in [0.5, 0.6) is 0 Å². The van der Waals surface area contributed by atoms with Gasteiger partial charge in [0.1, 0.15) is 5.58 Å². The van der Waals surface area contributed by atoms with E-state index in [-0.39, 0.29) is 17.1 Å². The molecule has 1 unspecified atom stereocenters. The van der Waals surface area contributed by atoms with Crippen molar-refractivity contribution in [2.45, 2.75) is 26.3 Å². The Labute approximate surface area is 209 Å². The van der Waals surface area contributed by atoms with E-state index in [1.165, 1.54) is 7.11 Å². The molecule has 0 saturated carbocycles. The van der Waals surface area contributed by atoms with Gasteiger partial charge in [0.2, 0.25) is 5.76 Å². The predicted octanol–water partition coefficient (Wildman–Crippen LogP) is 3.46. The van der Waals surface area contributed by atoms with Gasteiger partial charge >= 0.3 is 5.97 Å². The van der Waals surface area contributed by atoms with Crippen molar-refractivity contribution in [1.29, 1.82) is 0 Å². The zero-order chi connectivity index (χ0) is 25.4. The highest BCUT2D eigenvalue weighted by atomic mass is 16.5. The first-order chi connectivity index (χ1) is 17.4. The third-order valence-electron chi connectivity index (χ3n) is 7.21. The van der Waals surface area contributed by atoms with Crippen molar-refractivity contribution < 1.29 is 23.5 Å². The fourth-order valence-electron chi connectivity index (χ4n) is 5.06. The molecule has 3 aromatic rings. The Kier molecular flexibility index (Phi) is 6.64. The molecular formula is C28H30N2O6. The van der Waals surface area contributed by atoms with Crippen molar-refractivity contribution in [2.75, 3.05) is 46.5 Å². The van der Waals surface area contributed by atoms with E-state index >= 15 is 0 Å². The number of esters is 1. The van der Waals surface area contributed by atoms with Crippen molar-refractivity contribution in [3.63, 3.8) is 0 Å².